The van der Waals surface area contributed by atoms with Crippen LogP contribution < -0.4 is 5.32 Å². The second kappa shape index (κ2) is 6.51. The third-order valence-corrected chi connectivity index (χ3v) is 5.31. The third kappa shape index (κ3) is 3.10. The molecule has 106 valence electrons. The Kier molecular flexibility index (Phi) is 4.48. The van der Waals surface area contributed by atoms with Crippen LogP contribution in [0.1, 0.15) is 55.1 Å². The molecule has 2 heterocycles. The van der Waals surface area contributed by atoms with Crippen molar-refractivity contribution in [1.82, 2.24) is 10.3 Å². The zero-order valence-corrected chi connectivity index (χ0v) is 12.8. The first kappa shape index (κ1) is 13.8. The summed E-state index contributed by atoms with van der Waals surface area (Å²) in [4.78, 5) is 5.59. The van der Waals surface area contributed by atoms with Crippen LogP contribution in [0.25, 0.3) is 0 Å². The lowest BCUT2D eigenvalue weighted by molar-refractivity contribution is 0.343. The summed E-state index contributed by atoms with van der Waals surface area (Å²) in [6.45, 7) is 2.25. The van der Waals surface area contributed by atoms with E-state index in [0.29, 0.717) is 12.1 Å². The van der Waals surface area contributed by atoms with Gasteiger partial charge in [0, 0.05) is 29.4 Å². The van der Waals surface area contributed by atoms with Gasteiger partial charge in [0.15, 0.2) is 0 Å². The van der Waals surface area contributed by atoms with E-state index in [0.717, 1.165) is 5.92 Å². The number of hydrogen-bond donors (Lipinski definition) is 1. The van der Waals surface area contributed by atoms with E-state index in [2.05, 4.69) is 46.9 Å². The number of thiophene rings is 1. The molecule has 1 aliphatic rings. The summed E-state index contributed by atoms with van der Waals surface area (Å²) in [5.41, 5.74) is 1.32. The maximum absolute atomic E-state index is 4.11. The molecule has 0 spiro atoms. The van der Waals surface area contributed by atoms with Crippen molar-refractivity contribution in [3.63, 3.8) is 0 Å². The fourth-order valence-electron chi connectivity index (χ4n) is 3.23. The molecule has 1 aliphatic carbocycles. The smallest absolute Gasteiger partial charge is 0.0448 e. The van der Waals surface area contributed by atoms with Gasteiger partial charge in [-0.05, 0) is 54.8 Å². The zero-order chi connectivity index (χ0) is 13.8. The van der Waals surface area contributed by atoms with Gasteiger partial charge in [0.2, 0.25) is 0 Å². The maximum Gasteiger partial charge on any atom is 0.0448 e. The topological polar surface area (TPSA) is 24.9 Å². The van der Waals surface area contributed by atoms with Crippen molar-refractivity contribution in [3.8, 4) is 0 Å². The second-order valence-corrected chi connectivity index (χ2v) is 6.69. The van der Waals surface area contributed by atoms with Gasteiger partial charge in [-0.2, -0.15) is 0 Å². The van der Waals surface area contributed by atoms with Crippen LogP contribution in [0.2, 0.25) is 0 Å². The van der Waals surface area contributed by atoms with Crippen LogP contribution in [-0.2, 0) is 0 Å². The fraction of sp³-hybridized carbons (Fsp3) is 0.471. The van der Waals surface area contributed by atoms with Gasteiger partial charge in [-0.25, -0.2) is 0 Å². The predicted molar refractivity (Wildman–Crippen MR) is 84.8 cm³/mol. The van der Waals surface area contributed by atoms with Crippen molar-refractivity contribution in [2.24, 2.45) is 5.92 Å². The van der Waals surface area contributed by atoms with Crippen molar-refractivity contribution in [1.29, 1.82) is 0 Å². The summed E-state index contributed by atoms with van der Waals surface area (Å²) in [5, 5.41) is 6.05. The monoisotopic (exact) mass is 286 g/mol. The quantitative estimate of drug-likeness (QED) is 0.860. The average molecular weight is 286 g/mol. The van der Waals surface area contributed by atoms with Crippen LogP contribution in [0.4, 0.5) is 0 Å². The second-order valence-electron chi connectivity index (χ2n) is 5.71. The molecule has 20 heavy (non-hydrogen) atoms. The summed E-state index contributed by atoms with van der Waals surface area (Å²) in [7, 11) is 0. The first-order valence-corrected chi connectivity index (χ1v) is 8.42. The Morgan fingerprint density at radius 1 is 1.20 bits per heavy atom. The minimum atomic E-state index is 0.366. The van der Waals surface area contributed by atoms with E-state index in [1.54, 1.807) is 0 Å². The van der Waals surface area contributed by atoms with E-state index in [9.17, 15) is 0 Å². The Bertz CT molecular complexity index is 503. The molecule has 2 aromatic heterocycles. The largest absolute Gasteiger partial charge is 0.302 e. The van der Waals surface area contributed by atoms with Crippen molar-refractivity contribution in [2.75, 3.05) is 0 Å². The summed E-state index contributed by atoms with van der Waals surface area (Å²) >= 11 is 1.88. The number of pyridine rings is 1. The van der Waals surface area contributed by atoms with Crippen LogP contribution >= 0.6 is 11.3 Å². The van der Waals surface area contributed by atoms with Crippen molar-refractivity contribution in [3.05, 3.63) is 52.5 Å². The van der Waals surface area contributed by atoms with E-state index in [1.807, 2.05) is 23.7 Å². The highest BCUT2D eigenvalue weighted by molar-refractivity contribution is 7.10. The van der Waals surface area contributed by atoms with E-state index in [1.165, 1.54) is 36.1 Å². The van der Waals surface area contributed by atoms with Gasteiger partial charge in [-0.15, -0.1) is 11.3 Å². The minimum Gasteiger partial charge on any atom is -0.302 e. The van der Waals surface area contributed by atoms with Crippen molar-refractivity contribution < 1.29 is 0 Å². The van der Waals surface area contributed by atoms with Crippen LogP contribution in [0, 0.1) is 5.92 Å². The number of rotatable bonds is 5. The normalized spacial score (nSPS) is 19.1. The zero-order valence-electron chi connectivity index (χ0n) is 12.0. The van der Waals surface area contributed by atoms with Gasteiger partial charge >= 0.3 is 0 Å². The van der Waals surface area contributed by atoms with Gasteiger partial charge in [0.1, 0.15) is 0 Å². The number of hydrogen-bond acceptors (Lipinski definition) is 3. The molecule has 0 aromatic carbocycles. The summed E-state index contributed by atoms with van der Waals surface area (Å²) < 4.78 is 0. The standard InChI is InChI=1S/C17H22N2S/c1-13(14-8-10-18-11-9-14)19-17(15-5-2-3-6-15)16-7-4-12-20-16/h4,7-13,15,17,19H,2-3,5-6H2,1H3/t13-,17?/m0/s1. The molecule has 1 N–H and O–H groups in total. The molecule has 1 unspecified atom stereocenters. The van der Waals surface area contributed by atoms with Gasteiger partial charge in [0.05, 0.1) is 0 Å². The van der Waals surface area contributed by atoms with E-state index in [4.69, 9.17) is 0 Å². The van der Waals surface area contributed by atoms with E-state index in [-0.39, 0.29) is 0 Å². The van der Waals surface area contributed by atoms with Crippen molar-refractivity contribution in [2.45, 2.75) is 44.7 Å². The van der Waals surface area contributed by atoms with Crippen LogP contribution in [0.15, 0.2) is 42.0 Å². The molecule has 1 saturated carbocycles. The number of nitrogens with one attached hydrogen (secondary N) is 1. The van der Waals surface area contributed by atoms with Crippen LogP contribution in [-0.4, -0.2) is 4.98 Å². The molecular weight excluding hydrogens is 264 g/mol. The Morgan fingerprint density at radius 3 is 2.60 bits per heavy atom. The van der Waals surface area contributed by atoms with Gasteiger partial charge in [-0.1, -0.05) is 18.9 Å². The first-order valence-electron chi connectivity index (χ1n) is 7.54. The lowest BCUT2D eigenvalue weighted by Crippen LogP contribution is -2.29. The first-order chi connectivity index (χ1) is 9.84. The maximum atomic E-state index is 4.11. The molecule has 3 rings (SSSR count). The number of nitrogens with zero attached hydrogens (tertiary/aromatic N) is 1. The Balaban J connectivity index is 1.76. The van der Waals surface area contributed by atoms with Crippen LogP contribution in [0.5, 0.6) is 0 Å². The van der Waals surface area contributed by atoms with Gasteiger partial charge in [0.25, 0.3) is 0 Å². The Morgan fingerprint density at radius 2 is 1.95 bits per heavy atom. The molecule has 2 aromatic rings. The average Bonchev–Trinajstić information content (AvgIpc) is 3.19. The molecule has 0 amide bonds. The highest BCUT2D eigenvalue weighted by Crippen LogP contribution is 2.38. The van der Waals surface area contributed by atoms with E-state index >= 15 is 0 Å². The summed E-state index contributed by atoms with van der Waals surface area (Å²) in [6, 6.07) is 9.53. The molecule has 2 nitrogen and oxygen atoms in total. The van der Waals surface area contributed by atoms with Crippen LogP contribution in [0.3, 0.4) is 0 Å². The molecule has 0 aliphatic heterocycles. The third-order valence-electron chi connectivity index (χ3n) is 4.36. The molecular formula is C17H22N2S. The summed E-state index contributed by atoms with van der Waals surface area (Å²) in [6.07, 6.45) is 9.25. The Hall–Kier alpha value is -1.19. The molecule has 0 saturated heterocycles. The molecule has 3 heteroatoms. The minimum absolute atomic E-state index is 0.366. The van der Waals surface area contributed by atoms with Crippen molar-refractivity contribution >= 4 is 11.3 Å². The fourth-order valence-corrected chi connectivity index (χ4v) is 4.11. The van der Waals surface area contributed by atoms with E-state index < -0.39 is 0 Å². The molecule has 2 atom stereocenters. The Labute approximate surface area is 125 Å². The number of aromatic nitrogens is 1. The highest BCUT2D eigenvalue weighted by atomic mass is 32.1. The van der Waals surface area contributed by atoms with Gasteiger partial charge < -0.3 is 5.32 Å². The lowest BCUT2D eigenvalue weighted by Gasteiger charge is -2.27. The van der Waals surface area contributed by atoms with Gasteiger partial charge in [-0.3, -0.25) is 4.98 Å². The molecule has 0 radical (unpaired) electrons. The predicted octanol–water partition coefficient (Wildman–Crippen LogP) is 4.73. The summed E-state index contributed by atoms with van der Waals surface area (Å²) in [5.74, 6) is 0.790. The molecule has 0 bridgehead atoms. The highest BCUT2D eigenvalue weighted by Gasteiger charge is 2.28. The molecule has 1 fully saturated rings. The lowest BCUT2D eigenvalue weighted by atomic mass is 9.95. The SMILES string of the molecule is C[C@H](NC(c1cccs1)C1CCCC1)c1ccncc1.